The van der Waals surface area contributed by atoms with Crippen molar-refractivity contribution in [2.45, 2.75) is 33.3 Å². The van der Waals surface area contributed by atoms with E-state index >= 15 is 0 Å². The second-order valence-corrected chi connectivity index (χ2v) is 5.19. The van der Waals surface area contributed by atoms with Gasteiger partial charge in [0.2, 0.25) is 11.8 Å². The normalized spacial score (nSPS) is 13.1. The molecule has 0 aliphatic heterocycles. The van der Waals surface area contributed by atoms with Crippen LogP contribution in [0.1, 0.15) is 27.7 Å². The van der Waals surface area contributed by atoms with Crippen molar-refractivity contribution < 1.29 is 14.3 Å². The Morgan fingerprint density at radius 1 is 1.35 bits per heavy atom. The Kier molecular flexibility index (Phi) is 6.16. The number of carbonyl (C=O) groups is 2. The lowest BCUT2D eigenvalue weighted by Crippen LogP contribution is -2.39. The largest absolute Gasteiger partial charge is 0.366 e. The Labute approximate surface area is 103 Å². The lowest BCUT2D eigenvalue weighted by atomic mass is 10.1. The van der Waals surface area contributed by atoms with Crippen LogP contribution in [0.4, 0.5) is 0 Å². The molecule has 17 heavy (non-hydrogen) atoms. The molecular formula is C12H24N2O3. The molecule has 0 saturated heterocycles. The highest BCUT2D eigenvalue weighted by Gasteiger charge is 2.19. The number of hydrogen-bond acceptors (Lipinski definition) is 3. The molecule has 0 aliphatic rings. The summed E-state index contributed by atoms with van der Waals surface area (Å²) in [6.07, 6.45) is 0. The van der Waals surface area contributed by atoms with Gasteiger partial charge in [-0.25, -0.2) is 0 Å². The van der Waals surface area contributed by atoms with Crippen LogP contribution < -0.4 is 5.32 Å². The lowest BCUT2D eigenvalue weighted by molar-refractivity contribution is -0.140. The molecule has 5 heteroatoms. The number of rotatable bonds is 5. The molecule has 0 aromatic carbocycles. The lowest BCUT2D eigenvalue weighted by Gasteiger charge is -2.24. The molecule has 2 amide bonds. The molecule has 0 saturated carbocycles. The highest BCUT2D eigenvalue weighted by Crippen LogP contribution is 2.07. The van der Waals surface area contributed by atoms with E-state index in [0.717, 1.165) is 0 Å². The molecule has 0 radical (unpaired) electrons. The SMILES string of the molecule is CNC(=O)C(C)CN(C)C(=O)COC(C)(C)C. The topological polar surface area (TPSA) is 58.6 Å². The summed E-state index contributed by atoms with van der Waals surface area (Å²) in [4.78, 5) is 24.5. The predicted octanol–water partition coefficient (Wildman–Crippen LogP) is 0.642. The Bertz CT molecular complexity index is 271. The van der Waals surface area contributed by atoms with Crippen LogP contribution in [-0.2, 0) is 14.3 Å². The zero-order valence-electron chi connectivity index (χ0n) is 11.7. The molecule has 0 heterocycles. The number of likely N-dealkylation sites (N-methyl/N-ethyl adjacent to an activating group) is 1. The molecule has 0 spiro atoms. The summed E-state index contributed by atoms with van der Waals surface area (Å²) in [6.45, 7) is 7.91. The van der Waals surface area contributed by atoms with Gasteiger partial charge in [0.05, 0.1) is 11.5 Å². The van der Waals surface area contributed by atoms with Crippen LogP contribution in [0.25, 0.3) is 0 Å². The number of hydrogen-bond donors (Lipinski definition) is 1. The van der Waals surface area contributed by atoms with Crippen molar-refractivity contribution in [3.63, 3.8) is 0 Å². The van der Waals surface area contributed by atoms with E-state index in [4.69, 9.17) is 4.74 Å². The highest BCUT2D eigenvalue weighted by atomic mass is 16.5. The molecule has 1 N–H and O–H groups in total. The van der Waals surface area contributed by atoms with Crippen molar-refractivity contribution in [1.29, 1.82) is 0 Å². The summed E-state index contributed by atoms with van der Waals surface area (Å²) < 4.78 is 5.39. The minimum absolute atomic E-state index is 0.0421. The Hall–Kier alpha value is -1.10. The number of ether oxygens (including phenoxy) is 1. The van der Waals surface area contributed by atoms with Crippen LogP contribution in [0, 0.1) is 5.92 Å². The minimum atomic E-state index is -0.330. The first kappa shape index (κ1) is 15.9. The maximum Gasteiger partial charge on any atom is 0.248 e. The fraction of sp³-hybridized carbons (Fsp3) is 0.833. The van der Waals surface area contributed by atoms with Gasteiger partial charge in [-0.3, -0.25) is 9.59 Å². The zero-order valence-corrected chi connectivity index (χ0v) is 11.7. The van der Waals surface area contributed by atoms with Crippen LogP contribution in [0.2, 0.25) is 0 Å². The van der Waals surface area contributed by atoms with Crippen molar-refractivity contribution in [1.82, 2.24) is 10.2 Å². The highest BCUT2D eigenvalue weighted by molar-refractivity contribution is 5.80. The molecular weight excluding hydrogens is 220 g/mol. The van der Waals surface area contributed by atoms with E-state index < -0.39 is 0 Å². The smallest absolute Gasteiger partial charge is 0.248 e. The van der Waals surface area contributed by atoms with Crippen molar-refractivity contribution in [3.05, 3.63) is 0 Å². The maximum absolute atomic E-state index is 11.7. The average molecular weight is 244 g/mol. The summed E-state index contributed by atoms with van der Waals surface area (Å²) in [5.74, 6) is -0.402. The first-order chi connectivity index (χ1) is 7.67. The Morgan fingerprint density at radius 3 is 2.29 bits per heavy atom. The van der Waals surface area contributed by atoms with E-state index in [9.17, 15) is 9.59 Å². The van der Waals surface area contributed by atoms with Gasteiger partial charge >= 0.3 is 0 Å². The molecule has 0 aromatic heterocycles. The molecule has 5 nitrogen and oxygen atoms in total. The van der Waals surface area contributed by atoms with Crippen LogP contribution in [0.15, 0.2) is 0 Å². The number of carbonyl (C=O) groups excluding carboxylic acids is 2. The standard InChI is InChI=1S/C12H24N2O3/c1-9(11(16)13-5)7-14(6)10(15)8-17-12(2,3)4/h9H,7-8H2,1-6H3,(H,13,16). The summed E-state index contributed by atoms with van der Waals surface area (Å²) in [7, 11) is 3.26. The van der Waals surface area contributed by atoms with Gasteiger partial charge in [0.1, 0.15) is 6.61 Å². The van der Waals surface area contributed by atoms with Gasteiger partial charge in [-0.2, -0.15) is 0 Å². The number of nitrogens with one attached hydrogen (secondary N) is 1. The minimum Gasteiger partial charge on any atom is -0.366 e. The summed E-state index contributed by atoms with van der Waals surface area (Å²) in [5, 5.41) is 2.56. The monoisotopic (exact) mass is 244 g/mol. The molecule has 100 valence electrons. The van der Waals surface area contributed by atoms with Gasteiger partial charge < -0.3 is 15.0 Å². The van der Waals surface area contributed by atoms with Crippen LogP contribution in [0.5, 0.6) is 0 Å². The second-order valence-electron chi connectivity index (χ2n) is 5.19. The number of amides is 2. The summed E-state index contributed by atoms with van der Waals surface area (Å²) >= 11 is 0. The third-order valence-electron chi connectivity index (χ3n) is 2.30. The molecule has 0 aliphatic carbocycles. The maximum atomic E-state index is 11.7. The van der Waals surface area contributed by atoms with E-state index in [0.29, 0.717) is 6.54 Å². The van der Waals surface area contributed by atoms with Gasteiger partial charge in [0.15, 0.2) is 0 Å². The zero-order chi connectivity index (χ0) is 13.6. The molecule has 1 atom stereocenters. The van der Waals surface area contributed by atoms with E-state index in [1.54, 1.807) is 21.0 Å². The van der Waals surface area contributed by atoms with Crippen molar-refractivity contribution in [2.75, 3.05) is 27.2 Å². The van der Waals surface area contributed by atoms with E-state index in [-0.39, 0.29) is 29.9 Å². The van der Waals surface area contributed by atoms with Gasteiger partial charge in [-0.05, 0) is 20.8 Å². The van der Waals surface area contributed by atoms with Crippen molar-refractivity contribution in [2.24, 2.45) is 5.92 Å². The molecule has 0 bridgehead atoms. The average Bonchev–Trinajstić information content (AvgIpc) is 2.23. The third kappa shape index (κ3) is 6.94. The fourth-order valence-electron chi connectivity index (χ4n) is 1.23. The van der Waals surface area contributed by atoms with Crippen LogP contribution in [-0.4, -0.2) is 49.6 Å². The van der Waals surface area contributed by atoms with Gasteiger partial charge in [-0.1, -0.05) is 6.92 Å². The Morgan fingerprint density at radius 2 is 1.88 bits per heavy atom. The van der Waals surface area contributed by atoms with Gasteiger partial charge in [0.25, 0.3) is 0 Å². The molecule has 0 aromatic rings. The fourth-order valence-corrected chi connectivity index (χ4v) is 1.23. The van der Waals surface area contributed by atoms with Crippen LogP contribution >= 0.6 is 0 Å². The second kappa shape index (κ2) is 6.59. The quantitative estimate of drug-likeness (QED) is 0.772. The van der Waals surface area contributed by atoms with Gasteiger partial charge in [0, 0.05) is 20.6 Å². The summed E-state index contributed by atoms with van der Waals surface area (Å²) in [6, 6.07) is 0. The predicted molar refractivity (Wildman–Crippen MR) is 66.6 cm³/mol. The first-order valence-electron chi connectivity index (χ1n) is 5.77. The number of nitrogens with zero attached hydrogens (tertiary/aromatic N) is 1. The van der Waals surface area contributed by atoms with Crippen molar-refractivity contribution >= 4 is 11.8 Å². The molecule has 0 rings (SSSR count). The summed E-state index contributed by atoms with van der Waals surface area (Å²) in [5.41, 5.74) is -0.330. The first-order valence-corrected chi connectivity index (χ1v) is 5.77. The van der Waals surface area contributed by atoms with E-state index in [1.807, 2.05) is 20.8 Å². The van der Waals surface area contributed by atoms with Gasteiger partial charge in [-0.15, -0.1) is 0 Å². The van der Waals surface area contributed by atoms with E-state index in [1.165, 1.54) is 4.90 Å². The van der Waals surface area contributed by atoms with E-state index in [2.05, 4.69) is 5.32 Å². The molecule has 0 fully saturated rings. The molecule has 1 unspecified atom stereocenters. The third-order valence-corrected chi connectivity index (χ3v) is 2.30. The van der Waals surface area contributed by atoms with Crippen molar-refractivity contribution in [3.8, 4) is 0 Å². The Balaban J connectivity index is 4.10. The van der Waals surface area contributed by atoms with Crippen LogP contribution in [0.3, 0.4) is 0 Å².